The van der Waals surface area contributed by atoms with Gasteiger partial charge in [-0.3, -0.25) is 4.79 Å². The first-order chi connectivity index (χ1) is 10.8. The van der Waals surface area contributed by atoms with Crippen LogP contribution in [0.25, 0.3) is 0 Å². The van der Waals surface area contributed by atoms with Crippen molar-refractivity contribution in [2.75, 3.05) is 13.1 Å². The van der Waals surface area contributed by atoms with Crippen LogP contribution in [0, 0.1) is 19.8 Å². The standard InChI is InChI=1S/C16H25N3O3S/c1-10-6-8-19(9-7-10)23(21,22)15-11(2)14(17-12(15)3)16(20)18-13-4-5-13/h10,13,17H,4-9H2,1-3H3,(H,18,20). The number of carbonyl (C=O) groups excluding carboxylic acids is 1. The number of amides is 1. The van der Waals surface area contributed by atoms with Crippen molar-refractivity contribution < 1.29 is 13.2 Å². The summed E-state index contributed by atoms with van der Waals surface area (Å²) in [4.78, 5) is 15.5. The van der Waals surface area contributed by atoms with Gasteiger partial charge in [0.1, 0.15) is 10.6 Å². The molecule has 2 heterocycles. The van der Waals surface area contributed by atoms with Crippen LogP contribution in [0.5, 0.6) is 0 Å². The largest absolute Gasteiger partial charge is 0.353 e. The summed E-state index contributed by atoms with van der Waals surface area (Å²) in [6.45, 7) is 6.69. The van der Waals surface area contributed by atoms with E-state index < -0.39 is 10.0 Å². The Bertz CT molecular complexity index is 711. The van der Waals surface area contributed by atoms with Gasteiger partial charge in [-0.2, -0.15) is 4.31 Å². The molecule has 1 aliphatic heterocycles. The van der Waals surface area contributed by atoms with Crippen molar-refractivity contribution in [3.8, 4) is 0 Å². The first kappa shape index (κ1) is 16.5. The highest BCUT2D eigenvalue weighted by Crippen LogP contribution is 2.30. The molecule has 2 N–H and O–H groups in total. The van der Waals surface area contributed by atoms with Crippen LogP contribution < -0.4 is 5.32 Å². The molecule has 7 heteroatoms. The van der Waals surface area contributed by atoms with Crippen molar-refractivity contribution in [2.45, 2.75) is 57.4 Å². The van der Waals surface area contributed by atoms with E-state index in [4.69, 9.17) is 0 Å². The molecule has 1 aromatic heterocycles. The lowest BCUT2D eigenvalue weighted by atomic mass is 10.0. The Labute approximate surface area is 137 Å². The van der Waals surface area contributed by atoms with Crippen LogP contribution in [0.15, 0.2) is 4.90 Å². The summed E-state index contributed by atoms with van der Waals surface area (Å²) >= 11 is 0. The van der Waals surface area contributed by atoms with Crippen molar-refractivity contribution in [2.24, 2.45) is 5.92 Å². The molecule has 3 rings (SSSR count). The lowest BCUT2D eigenvalue weighted by Gasteiger charge is -2.29. The van der Waals surface area contributed by atoms with Crippen LogP contribution >= 0.6 is 0 Å². The van der Waals surface area contributed by atoms with E-state index in [1.54, 1.807) is 18.2 Å². The Morgan fingerprint density at radius 3 is 2.35 bits per heavy atom. The van der Waals surface area contributed by atoms with Gasteiger partial charge in [0.2, 0.25) is 10.0 Å². The second-order valence-electron chi connectivity index (χ2n) is 6.91. The quantitative estimate of drug-likeness (QED) is 0.879. The summed E-state index contributed by atoms with van der Waals surface area (Å²) in [5.74, 6) is 0.358. The molecule has 0 bridgehead atoms. The monoisotopic (exact) mass is 339 g/mol. The summed E-state index contributed by atoms with van der Waals surface area (Å²) < 4.78 is 27.5. The number of aryl methyl sites for hydroxylation is 1. The van der Waals surface area contributed by atoms with E-state index in [9.17, 15) is 13.2 Å². The number of aromatic nitrogens is 1. The number of nitrogens with zero attached hydrogens (tertiary/aromatic N) is 1. The summed E-state index contributed by atoms with van der Waals surface area (Å²) in [5, 5.41) is 2.91. The van der Waals surface area contributed by atoms with Gasteiger partial charge in [0.15, 0.2) is 0 Å². The minimum absolute atomic E-state index is 0.207. The minimum Gasteiger partial charge on any atom is -0.353 e. The average Bonchev–Trinajstić information content (AvgIpc) is 3.23. The Morgan fingerprint density at radius 2 is 1.78 bits per heavy atom. The summed E-state index contributed by atoms with van der Waals surface area (Å²) in [5.41, 5.74) is 1.44. The first-order valence-electron chi connectivity index (χ1n) is 8.31. The van der Waals surface area contributed by atoms with Crippen molar-refractivity contribution in [3.63, 3.8) is 0 Å². The molecule has 1 aliphatic carbocycles. The molecule has 23 heavy (non-hydrogen) atoms. The van der Waals surface area contributed by atoms with E-state index in [1.165, 1.54) is 0 Å². The number of piperidine rings is 1. The number of aromatic amines is 1. The van der Waals surface area contributed by atoms with Crippen molar-refractivity contribution >= 4 is 15.9 Å². The van der Waals surface area contributed by atoms with Crippen LogP contribution in [0.3, 0.4) is 0 Å². The number of nitrogens with one attached hydrogen (secondary N) is 2. The van der Waals surface area contributed by atoms with Gasteiger partial charge in [-0.25, -0.2) is 8.42 Å². The van der Waals surface area contributed by atoms with Gasteiger partial charge < -0.3 is 10.3 Å². The maximum atomic E-state index is 13.0. The van der Waals surface area contributed by atoms with Crippen LogP contribution in [-0.2, 0) is 10.0 Å². The van der Waals surface area contributed by atoms with Crippen molar-refractivity contribution in [3.05, 3.63) is 17.0 Å². The fourth-order valence-corrected chi connectivity index (χ4v) is 5.06. The topological polar surface area (TPSA) is 82.3 Å². The summed E-state index contributed by atoms with van der Waals surface area (Å²) in [6.07, 6.45) is 3.77. The van der Waals surface area contributed by atoms with E-state index in [1.807, 2.05) is 0 Å². The molecule has 2 aliphatic rings. The number of carbonyl (C=O) groups is 1. The lowest BCUT2D eigenvalue weighted by Crippen LogP contribution is -2.38. The molecular formula is C16H25N3O3S. The van der Waals surface area contributed by atoms with Gasteiger partial charge in [-0.1, -0.05) is 6.92 Å². The third-order valence-electron chi connectivity index (χ3n) is 4.85. The second kappa shape index (κ2) is 5.94. The Kier molecular flexibility index (Phi) is 4.27. The first-order valence-corrected chi connectivity index (χ1v) is 9.75. The number of hydrogen-bond donors (Lipinski definition) is 2. The highest BCUT2D eigenvalue weighted by Gasteiger charge is 2.34. The van der Waals surface area contributed by atoms with Crippen LogP contribution in [0.2, 0.25) is 0 Å². The third-order valence-corrected chi connectivity index (χ3v) is 7.02. The zero-order valence-corrected chi connectivity index (χ0v) is 14.8. The Hall–Kier alpha value is -1.34. The minimum atomic E-state index is -3.55. The molecule has 0 unspecified atom stereocenters. The maximum absolute atomic E-state index is 13.0. The van der Waals surface area contributed by atoms with E-state index >= 15 is 0 Å². The van der Waals surface area contributed by atoms with E-state index in [2.05, 4.69) is 17.2 Å². The molecule has 1 saturated carbocycles. The summed E-state index contributed by atoms with van der Waals surface area (Å²) in [7, 11) is -3.55. The fraction of sp³-hybridized carbons (Fsp3) is 0.688. The van der Waals surface area contributed by atoms with E-state index in [0.29, 0.717) is 36.0 Å². The molecule has 0 aromatic carbocycles. The predicted molar refractivity (Wildman–Crippen MR) is 87.9 cm³/mol. The van der Waals surface area contributed by atoms with Crippen LogP contribution in [-0.4, -0.2) is 42.7 Å². The zero-order chi connectivity index (χ0) is 16.8. The number of hydrogen-bond acceptors (Lipinski definition) is 3. The molecule has 1 amide bonds. The van der Waals surface area contributed by atoms with E-state index in [0.717, 1.165) is 25.7 Å². The second-order valence-corrected chi connectivity index (χ2v) is 8.79. The van der Waals surface area contributed by atoms with Gasteiger partial charge in [-0.05, 0) is 51.0 Å². The molecular weight excluding hydrogens is 314 g/mol. The van der Waals surface area contributed by atoms with E-state index in [-0.39, 0.29) is 16.8 Å². The van der Waals surface area contributed by atoms with Crippen LogP contribution in [0.4, 0.5) is 0 Å². The molecule has 1 saturated heterocycles. The van der Waals surface area contributed by atoms with Crippen molar-refractivity contribution in [1.82, 2.24) is 14.6 Å². The van der Waals surface area contributed by atoms with Gasteiger partial charge in [0.05, 0.1) is 0 Å². The maximum Gasteiger partial charge on any atom is 0.268 e. The molecule has 6 nitrogen and oxygen atoms in total. The molecule has 0 radical (unpaired) electrons. The van der Waals surface area contributed by atoms with Gasteiger partial charge >= 0.3 is 0 Å². The van der Waals surface area contributed by atoms with Gasteiger partial charge in [0.25, 0.3) is 5.91 Å². The average molecular weight is 339 g/mol. The number of rotatable bonds is 4. The number of sulfonamides is 1. The fourth-order valence-electron chi connectivity index (χ4n) is 3.19. The van der Waals surface area contributed by atoms with Crippen LogP contribution in [0.1, 0.15) is 54.4 Å². The van der Waals surface area contributed by atoms with Gasteiger partial charge in [0, 0.05) is 24.8 Å². The molecule has 0 atom stereocenters. The molecule has 0 spiro atoms. The Balaban J connectivity index is 1.89. The zero-order valence-electron chi connectivity index (χ0n) is 14.0. The third kappa shape index (κ3) is 3.17. The normalized spacial score (nSPS) is 20.7. The smallest absolute Gasteiger partial charge is 0.268 e. The summed E-state index contributed by atoms with van der Waals surface area (Å²) in [6, 6.07) is 0.245. The van der Waals surface area contributed by atoms with Crippen molar-refractivity contribution in [1.29, 1.82) is 0 Å². The highest BCUT2D eigenvalue weighted by atomic mass is 32.2. The Morgan fingerprint density at radius 1 is 1.17 bits per heavy atom. The molecule has 2 fully saturated rings. The van der Waals surface area contributed by atoms with Gasteiger partial charge in [-0.15, -0.1) is 0 Å². The highest BCUT2D eigenvalue weighted by molar-refractivity contribution is 7.89. The predicted octanol–water partition coefficient (Wildman–Crippen LogP) is 1.94. The lowest BCUT2D eigenvalue weighted by molar-refractivity contribution is 0.0946. The molecule has 1 aromatic rings. The SMILES string of the molecule is Cc1[nH]c(C(=O)NC2CC2)c(C)c1S(=O)(=O)N1CCC(C)CC1. The number of H-pyrrole nitrogens is 1. The molecule has 128 valence electrons.